The molecule has 1 fully saturated rings. The van der Waals surface area contributed by atoms with E-state index in [0.717, 1.165) is 5.92 Å². The Bertz CT molecular complexity index is 693. The van der Waals surface area contributed by atoms with Crippen molar-refractivity contribution in [2.24, 2.45) is 5.92 Å². The minimum Gasteiger partial charge on any atom is -0.192 e. The third-order valence-corrected chi connectivity index (χ3v) is 4.97. The third kappa shape index (κ3) is 3.71. The van der Waals surface area contributed by atoms with Gasteiger partial charge >= 0.3 is 0 Å². The van der Waals surface area contributed by atoms with Gasteiger partial charge < -0.3 is 0 Å². The van der Waals surface area contributed by atoms with Crippen LogP contribution in [0.4, 0.5) is 0 Å². The standard InChI is InChI=1S/C22H23N/c1-2-3-17-4-8-19(9-5-17)21-12-14-22(15-13-21)20-10-6-18(16-23)7-11-20/h2-3,6-7,10-15,17,19H,4-5,8-9H2,1H3/t17-,19-. The second kappa shape index (κ2) is 7.29. The van der Waals surface area contributed by atoms with Crippen LogP contribution in [0.15, 0.2) is 60.7 Å². The van der Waals surface area contributed by atoms with E-state index in [9.17, 15) is 0 Å². The molecular formula is C22H23N. The van der Waals surface area contributed by atoms with E-state index in [1.165, 1.54) is 42.4 Å². The van der Waals surface area contributed by atoms with Crippen molar-refractivity contribution in [1.82, 2.24) is 0 Å². The van der Waals surface area contributed by atoms with Crippen LogP contribution in [0.1, 0.15) is 49.7 Å². The van der Waals surface area contributed by atoms with Crippen molar-refractivity contribution in [3.05, 3.63) is 71.8 Å². The molecule has 1 aliphatic rings. The number of rotatable bonds is 3. The molecule has 0 amide bonds. The lowest BCUT2D eigenvalue weighted by Crippen LogP contribution is -2.11. The van der Waals surface area contributed by atoms with Crippen LogP contribution in [0, 0.1) is 17.2 Å². The van der Waals surface area contributed by atoms with Gasteiger partial charge in [-0.05, 0) is 73.3 Å². The van der Waals surface area contributed by atoms with Crippen LogP contribution in [-0.4, -0.2) is 0 Å². The molecule has 0 radical (unpaired) electrons. The molecule has 116 valence electrons. The van der Waals surface area contributed by atoms with Gasteiger partial charge in [-0.15, -0.1) is 0 Å². The first kappa shape index (κ1) is 15.6. The summed E-state index contributed by atoms with van der Waals surface area (Å²) in [7, 11) is 0. The fourth-order valence-electron chi connectivity index (χ4n) is 3.60. The van der Waals surface area contributed by atoms with E-state index in [4.69, 9.17) is 5.26 Å². The third-order valence-electron chi connectivity index (χ3n) is 4.97. The SMILES string of the molecule is CC=C[C@H]1CC[C@H](c2ccc(-c3ccc(C#N)cc3)cc2)CC1. The maximum Gasteiger partial charge on any atom is 0.0991 e. The molecule has 3 rings (SSSR count). The highest BCUT2D eigenvalue weighted by atomic mass is 14.3. The zero-order valence-corrected chi connectivity index (χ0v) is 13.7. The van der Waals surface area contributed by atoms with Crippen molar-refractivity contribution in [3.8, 4) is 17.2 Å². The minimum atomic E-state index is 0.711. The maximum atomic E-state index is 8.88. The van der Waals surface area contributed by atoms with Gasteiger partial charge in [0.05, 0.1) is 11.6 Å². The average molecular weight is 301 g/mol. The van der Waals surface area contributed by atoms with Gasteiger partial charge in [-0.25, -0.2) is 0 Å². The van der Waals surface area contributed by atoms with Crippen LogP contribution in [0.25, 0.3) is 11.1 Å². The Hall–Kier alpha value is -2.33. The highest BCUT2D eigenvalue weighted by Gasteiger charge is 2.20. The molecule has 1 saturated carbocycles. The second-order valence-electron chi connectivity index (χ2n) is 6.45. The molecular weight excluding hydrogens is 278 g/mol. The smallest absolute Gasteiger partial charge is 0.0991 e. The summed E-state index contributed by atoms with van der Waals surface area (Å²) in [4.78, 5) is 0. The zero-order valence-electron chi connectivity index (χ0n) is 13.7. The Kier molecular flexibility index (Phi) is 4.93. The summed E-state index contributed by atoms with van der Waals surface area (Å²) >= 11 is 0. The van der Waals surface area contributed by atoms with Gasteiger partial charge in [0.15, 0.2) is 0 Å². The normalized spacial score (nSPS) is 21.2. The summed E-state index contributed by atoms with van der Waals surface area (Å²) in [6.45, 7) is 2.12. The van der Waals surface area contributed by atoms with Crippen molar-refractivity contribution in [1.29, 1.82) is 5.26 Å². The number of hydrogen-bond acceptors (Lipinski definition) is 1. The summed E-state index contributed by atoms with van der Waals surface area (Å²) in [6, 6.07) is 19.0. The lowest BCUT2D eigenvalue weighted by molar-refractivity contribution is 0.376. The van der Waals surface area contributed by atoms with Gasteiger partial charge in [-0.1, -0.05) is 48.6 Å². The Labute approximate surface area is 139 Å². The molecule has 2 aromatic rings. The van der Waals surface area contributed by atoms with Crippen molar-refractivity contribution in [3.63, 3.8) is 0 Å². The lowest BCUT2D eigenvalue weighted by atomic mass is 9.78. The van der Waals surface area contributed by atoms with E-state index >= 15 is 0 Å². The highest BCUT2D eigenvalue weighted by molar-refractivity contribution is 5.64. The number of nitriles is 1. The van der Waals surface area contributed by atoms with E-state index in [-0.39, 0.29) is 0 Å². The van der Waals surface area contributed by atoms with Crippen molar-refractivity contribution < 1.29 is 0 Å². The largest absolute Gasteiger partial charge is 0.192 e. The molecule has 0 aliphatic heterocycles. The summed E-state index contributed by atoms with van der Waals surface area (Å²) in [5.41, 5.74) is 4.58. The van der Waals surface area contributed by atoms with Gasteiger partial charge in [-0.3, -0.25) is 0 Å². The molecule has 0 atom stereocenters. The van der Waals surface area contributed by atoms with Gasteiger partial charge in [0.2, 0.25) is 0 Å². The van der Waals surface area contributed by atoms with Crippen LogP contribution in [-0.2, 0) is 0 Å². The fraction of sp³-hybridized carbons (Fsp3) is 0.318. The topological polar surface area (TPSA) is 23.8 Å². The fourth-order valence-corrected chi connectivity index (χ4v) is 3.60. The molecule has 2 aromatic carbocycles. The molecule has 0 unspecified atom stereocenters. The quantitative estimate of drug-likeness (QED) is 0.631. The van der Waals surface area contributed by atoms with E-state index in [2.05, 4.69) is 49.4 Å². The van der Waals surface area contributed by atoms with E-state index < -0.39 is 0 Å². The molecule has 0 saturated heterocycles. The van der Waals surface area contributed by atoms with Crippen molar-refractivity contribution >= 4 is 0 Å². The number of allylic oxidation sites excluding steroid dienone is 2. The summed E-state index contributed by atoms with van der Waals surface area (Å²) in [5.74, 6) is 1.50. The van der Waals surface area contributed by atoms with Crippen molar-refractivity contribution in [2.45, 2.75) is 38.5 Å². The molecule has 0 N–H and O–H groups in total. The van der Waals surface area contributed by atoms with E-state index in [1.807, 2.05) is 24.3 Å². The minimum absolute atomic E-state index is 0.711. The molecule has 0 bridgehead atoms. The number of nitrogens with zero attached hydrogens (tertiary/aromatic N) is 1. The molecule has 0 heterocycles. The van der Waals surface area contributed by atoms with Crippen LogP contribution in [0.5, 0.6) is 0 Å². The first-order chi connectivity index (χ1) is 11.3. The van der Waals surface area contributed by atoms with E-state index in [0.29, 0.717) is 11.5 Å². The highest BCUT2D eigenvalue weighted by Crippen LogP contribution is 2.36. The molecule has 23 heavy (non-hydrogen) atoms. The Morgan fingerprint density at radius 2 is 1.43 bits per heavy atom. The zero-order chi connectivity index (χ0) is 16.1. The Morgan fingerprint density at radius 1 is 0.870 bits per heavy atom. The predicted octanol–water partition coefficient (Wildman–Crippen LogP) is 6.08. The molecule has 1 heteroatoms. The maximum absolute atomic E-state index is 8.88. The summed E-state index contributed by atoms with van der Waals surface area (Å²) in [6.07, 6.45) is 9.77. The van der Waals surface area contributed by atoms with E-state index in [1.54, 1.807) is 0 Å². The molecule has 1 nitrogen and oxygen atoms in total. The molecule has 1 aliphatic carbocycles. The van der Waals surface area contributed by atoms with Gasteiger partial charge in [0, 0.05) is 0 Å². The number of benzene rings is 2. The average Bonchev–Trinajstić information content (AvgIpc) is 2.63. The Balaban J connectivity index is 1.69. The summed E-state index contributed by atoms with van der Waals surface area (Å²) in [5, 5.41) is 8.88. The first-order valence-electron chi connectivity index (χ1n) is 8.53. The Morgan fingerprint density at radius 3 is 1.96 bits per heavy atom. The number of hydrogen-bond donors (Lipinski definition) is 0. The van der Waals surface area contributed by atoms with Gasteiger partial charge in [0.25, 0.3) is 0 Å². The van der Waals surface area contributed by atoms with Crippen LogP contribution in [0.3, 0.4) is 0 Å². The first-order valence-corrected chi connectivity index (χ1v) is 8.53. The van der Waals surface area contributed by atoms with Gasteiger partial charge in [0.1, 0.15) is 0 Å². The lowest BCUT2D eigenvalue weighted by Gasteiger charge is -2.27. The van der Waals surface area contributed by atoms with Crippen LogP contribution in [0.2, 0.25) is 0 Å². The second-order valence-corrected chi connectivity index (χ2v) is 6.45. The van der Waals surface area contributed by atoms with Crippen LogP contribution < -0.4 is 0 Å². The van der Waals surface area contributed by atoms with Crippen LogP contribution >= 0.6 is 0 Å². The van der Waals surface area contributed by atoms with Gasteiger partial charge in [-0.2, -0.15) is 5.26 Å². The van der Waals surface area contributed by atoms with Crippen molar-refractivity contribution in [2.75, 3.05) is 0 Å². The predicted molar refractivity (Wildman–Crippen MR) is 96.1 cm³/mol. The molecule has 0 aromatic heterocycles. The monoisotopic (exact) mass is 301 g/mol. The molecule has 0 spiro atoms. The summed E-state index contributed by atoms with van der Waals surface area (Å²) < 4.78 is 0.